The average molecular weight is 293 g/mol. The predicted molar refractivity (Wildman–Crippen MR) is 82.9 cm³/mol. The molecule has 0 aromatic heterocycles. The third-order valence-corrected chi connectivity index (χ3v) is 4.37. The highest BCUT2D eigenvalue weighted by atomic mass is 16.7. The predicted octanol–water partition coefficient (Wildman–Crippen LogP) is 0.810. The Morgan fingerprint density at radius 2 is 2.00 bits per heavy atom. The summed E-state index contributed by atoms with van der Waals surface area (Å²) in [5, 5.41) is 2.79. The summed E-state index contributed by atoms with van der Waals surface area (Å²) < 4.78 is 11.9. The topological polar surface area (TPSA) is 85.9 Å². The van der Waals surface area contributed by atoms with Gasteiger partial charge in [-0.2, -0.15) is 0 Å². The molecule has 0 aromatic carbocycles. The number of carbonyl (C=O) groups is 1. The maximum absolute atomic E-state index is 11.3. The quantitative estimate of drug-likeness (QED) is 0.595. The van der Waals surface area contributed by atoms with Crippen LogP contribution in [0.1, 0.15) is 40.5 Å². The molecular weight excluding hydrogens is 269 g/mol. The Kier molecular flexibility index (Phi) is 4.44. The molecule has 2 aliphatic rings. The largest absolute Gasteiger partial charge is 0.497 e. The van der Waals surface area contributed by atoms with Crippen LogP contribution in [0.4, 0.5) is 0 Å². The lowest BCUT2D eigenvalue weighted by molar-refractivity contribution is -0.122. The van der Waals surface area contributed by atoms with Crippen LogP contribution in [0.2, 0.25) is 0 Å². The van der Waals surface area contributed by atoms with Gasteiger partial charge in [-0.25, -0.2) is 0 Å². The third-order valence-electron chi connectivity index (χ3n) is 4.37. The van der Waals surface area contributed by atoms with Gasteiger partial charge in [0.15, 0.2) is 0 Å². The summed E-state index contributed by atoms with van der Waals surface area (Å²) in [6, 6.07) is -0.00359. The summed E-state index contributed by atoms with van der Waals surface area (Å²) >= 11 is 0. The molecule has 0 aliphatic carbocycles. The summed E-state index contributed by atoms with van der Waals surface area (Å²) in [6.07, 6.45) is 4.38. The minimum Gasteiger partial charge on any atom is -0.405 e. The molecule has 0 saturated carbocycles. The molecule has 1 amide bonds. The van der Waals surface area contributed by atoms with Gasteiger partial charge in [-0.05, 0) is 40.3 Å². The molecule has 0 unspecified atom stereocenters. The standard InChI is InChI=1S/C14H24BN3O3/c1-13(2)14(3,4)21-15(20-13)10(8-16)9-18-11-5-6-17-12(19)7-11/h8-9,11H,5-7,16H2,1-4H3,(H,17,19)/t11-/m1/s1. The van der Waals surface area contributed by atoms with E-state index in [0.717, 1.165) is 6.42 Å². The van der Waals surface area contributed by atoms with Crippen molar-refractivity contribution in [3.05, 3.63) is 11.7 Å². The van der Waals surface area contributed by atoms with Crippen molar-refractivity contribution in [1.82, 2.24) is 5.32 Å². The zero-order valence-corrected chi connectivity index (χ0v) is 13.2. The third kappa shape index (κ3) is 3.47. The normalized spacial score (nSPS) is 29.0. The van der Waals surface area contributed by atoms with Gasteiger partial charge < -0.3 is 20.4 Å². The van der Waals surface area contributed by atoms with Crippen molar-refractivity contribution in [3.8, 4) is 0 Å². The van der Waals surface area contributed by atoms with Crippen LogP contribution in [-0.2, 0) is 14.1 Å². The van der Waals surface area contributed by atoms with E-state index in [4.69, 9.17) is 15.0 Å². The first-order valence-corrected chi connectivity index (χ1v) is 7.32. The van der Waals surface area contributed by atoms with Gasteiger partial charge in [-0.1, -0.05) is 0 Å². The fourth-order valence-electron chi connectivity index (χ4n) is 2.25. The van der Waals surface area contributed by atoms with Crippen molar-refractivity contribution in [3.63, 3.8) is 0 Å². The van der Waals surface area contributed by atoms with E-state index in [1.165, 1.54) is 6.20 Å². The number of aliphatic imine (C=N–C) groups is 1. The molecule has 2 saturated heterocycles. The molecule has 116 valence electrons. The molecule has 0 spiro atoms. The lowest BCUT2D eigenvalue weighted by Gasteiger charge is -2.32. The van der Waals surface area contributed by atoms with E-state index in [-0.39, 0.29) is 11.9 Å². The van der Waals surface area contributed by atoms with Crippen LogP contribution in [0.5, 0.6) is 0 Å². The number of carbonyl (C=O) groups excluding carboxylic acids is 1. The van der Waals surface area contributed by atoms with Crippen molar-refractivity contribution >= 4 is 19.2 Å². The Labute approximate surface area is 126 Å². The zero-order valence-electron chi connectivity index (χ0n) is 13.2. The maximum Gasteiger partial charge on any atom is 0.497 e. The molecule has 0 radical (unpaired) electrons. The summed E-state index contributed by atoms with van der Waals surface area (Å²) in [7, 11) is -0.527. The highest BCUT2D eigenvalue weighted by molar-refractivity contribution is 6.60. The Morgan fingerprint density at radius 3 is 2.52 bits per heavy atom. The average Bonchev–Trinajstić information content (AvgIpc) is 2.59. The summed E-state index contributed by atoms with van der Waals surface area (Å²) in [5.41, 5.74) is 5.54. The Balaban J connectivity index is 2.03. The smallest absolute Gasteiger partial charge is 0.405 e. The van der Waals surface area contributed by atoms with Gasteiger partial charge in [0, 0.05) is 24.7 Å². The van der Waals surface area contributed by atoms with Crippen LogP contribution in [0.3, 0.4) is 0 Å². The number of amides is 1. The lowest BCUT2D eigenvalue weighted by Crippen LogP contribution is -2.41. The van der Waals surface area contributed by atoms with Crippen molar-refractivity contribution < 1.29 is 14.1 Å². The molecule has 2 fully saturated rings. The number of rotatable bonds is 3. The van der Waals surface area contributed by atoms with Gasteiger partial charge in [-0.3, -0.25) is 9.79 Å². The van der Waals surface area contributed by atoms with Gasteiger partial charge in [0.05, 0.1) is 17.2 Å². The monoisotopic (exact) mass is 293 g/mol. The minimum atomic E-state index is -0.527. The van der Waals surface area contributed by atoms with Gasteiger partial charge >= 0.3 is 7.12 Å². The molecule has 3 N–H and O–H groups in total. The fraction of sp³-hybridized carbons (Fsp3) is 0.714. The first-order valence-electron chi connectivity index (χ1n) is 7.32. The second kappa shape index (κ2) is 5.81. The van der Waals surface area contributed by atoms with Crippen molar-refractivity contribution in [1.29, 1.82) is 0 Å². The molecule has 2 aliphatic heterocycles. The molecular formula is C14H24BN3O3. The first kappa shape index (κ1) is 16.0. The first-order chi connectivity index (χ1) is 9.75. The van der Waals surface area contributed by atoms with E-state index in [9.17, 15) is 4.79 Å². The highest BCUT2D eigenvalue weighted by Crippen LogP contribution is 2.38. The number of piperidine rings is 1. The van der Waals surface area contributed by atoms with Crippen LogP contribution >= 0.6 is 0 Å². The summed E-state index contributed by atoms with van der Waals surface area (Å²) in [5.74, 6) is 0.0392. The van der Waals surface area contributed by atoms with Gasteiger partial charge in [-0.15, -0.1) is 0 Å². The van der Waals surface area contributed by atoms with E-state index in [1.807, 2.05) is 27.7 Å². The molecule has 0 aromatic rings. The van der Waals surface area contributed by atoms with E-state index < -0.39 is 18.3 Å². The molecule has 7 heteroatoms. The number of hydrogen-bond donors (Lipinski definition) is 2. The van der Waals surface area contributed by atoms with E-state index in [2.05, 4.69) is 10.3 Å². The Morgan fingerprint density at radius 1 is 1.38 bits per heavy atom. The molecule has 2 rings (SSSR count). The number of nitrogens with one attached hydrogen (secondary N) is 1. The summed E-state index contributed by atoms with van der Waals surface area (Å²) in [6.45, 7) is 8.63. The number of allylic oxidation sites excluding steroid dienone is 1. The van der Waals surface area contributed by atoms with E-state index in [1.54, 1.807) is 6.21 Å². The minimum absolute atomic E-state index is 0.00359. The van der Waals surface area contributed by atoms with Crippen LogP contribution < -0.4 is 11.1 Å². The second-order valence-electron chi connectivity index (χ2n) is 6.53. The van der Waals surface area contributed by atoms with Crippen LogP contribution in [0.25, 0.3) is 0 Å². The SMILES string of the molecule is CC1(C)OB(C(C=N[C@@H]2CCNC(=O)C2)=CN)OC1(C)C. The van der Waals surface area contributed by atoms with E-state index in [0.29, 0.717) is 18.4 Å². The molecule has 6 nitrogen and oxygen atoms in total. The lowest BCUT2D eigenvalue weighted by atomic mass is 9.79. The Bertz CT molecular complexity index is 458. The van der Waals surface area contributed by atoms with Crippen LogP contribution in [0, 0.1) is 0 Å². The Hall–Kier alpha value is -1.34. The maximum atomic E-state index is 11.3. The fourth-order valence-corrected chi connectivity index (χ4v) is 2.25. The molecule has 0 bridgehead atoms. The van der Waals surface area contributed by atoms with Crippen molar-refractivity contribution in [2.24, 2.45) is 10.7 Å². The summed E-state index contributed by atoms with van der Waals surface area (Å²) in [4.78, 5) is 15.8. The number of nitrogens with zero attached hydrogens (tertiary/aromatic N) is 1. The molecule has 2 heterocycles. The van der Waals surface area contributed by atoms with Gasteiger partial charge in [0.25, 0.3) is 0 Å². The van der Waals surface area contributed by atoms with Crippen LogP contribution in [0.15, 0.2) is 16.7 Å². The molecule has 21 heavy (non-hydrogen) atoms. The second-order valence-corrected chi connectivity index (χ2v) is 6.53. The van der Waals surface area contributed by atoms with E-state index >= 15 is 0 Å². The number of nitrogens with two attached hydrogens (primary N) is 1. The number of hydrogen-bond acceptors (Lipinski definition) is 5. The van der Waals surface area contributed by atoms with Crippen molar-refractivity contribution in [2.45, 2.75) is 57.8 Å². The zero-order chi connectivity index (χ0) is 15.7. The highest BCUT2D eigenvalue weighted by Gasteiger charge is 2.52. The van der Waals surface area contributed by atoms with Crippen LogP contribution in [-0.4, -0.2) is 43.0 Å². The van der Waals surface area contributed by atoms with Crippen molar-refractivity contribution in [2.75, 3.05) is 6.54 Å². The molecule has 1 atom stereocenters. The van der Waals surface area contributed by atoms with Gasteiger partial charge in [0.1, 0.15) is 0 Å². The van der Waals surface area contributed by atoms with Gasteiger partial charge in [0.2, 0.25) is 5.91 Å².